The summed E-state index contributed by atoms with van der Waals surface area (Å²) in [5.74, 6) is -0.0471. The topological polar surface area (TPSA) is 32.8 Å². The van der Waals surface area contributed by atoms with Crippen LogP contribution < -0.4 is 0 Å². The number of carbonyl (C=O) groups excluding carboxylic acids is 1. The van der Waals surface area contributed by atoms with Gasteiger partial charge in [0.15, 0.2) is 0 Å². The van der Waals surface area contributed by atoms with Gasteiger partial charge in [-0.3, -0.25) is 9.69 Å². The molecule has 0 saturated carbocycles. The maximum atomic E-state index is 12.9. The van der Waals surface area contributed by atoms with E-state index in [4.69, 9.17) is 4.74 Å². The lowest BCUT2D eigenvalue weighted by molar-refractivity contribution is -0.140. The van der Waals surface area contributed by atoms with Gasteiger partial charge >= 0.3 is 0 Å². The number of halogens is 1. The molecule has 0 bridgehead atoms. The third-order valence-electron chi connectivity index (χ3n) is 4.42. The molecule has 4 nitrogen and oxygen atoms in total. The molecular weight excluding hydrogens is 283 g/mol. The van der Waals surface area contributed by atoms with Crippen molar-refractivity contribution in [3.63, 3.8) is 0 Å². The first-order valence-corrected chi connectivity index (χ1v) is 8.09. The number of nitrogens with zero attached hydrogens (tertiary/aromatic N) is 2. The number of hydrogen-bond donors (Lipinski definition) is 0. The molecule has 2 aliphatic heterocycles. The second kappa shape index (κ2) is 7.20. The number of rotatable bonds is 3. The quantitative estimate of drug-likeness (QED) is 0.857. The minimum absolute atomic E-state index is 0.154. The predicted octanol–water partition coefficient (Wildman–Crippen LogP) is 2.04. The van der Waals surface area contributed by atoms with Gasteiger partial charge in [-0.25, -0.2) is 4.39 Å². The van der Waals surface area contributed by atoms with Crippen LogP contribution in [0.2, 0.25) is 0 Å². The first kappa shape index (κ1) is 15.4. The van der Waals surface area contributed by atoms with Crippen molar-refractivity contribution in [3.05, 3.63) is 35.6 Å². The zero-order valence-electron chi connectivity index (χ0n) is 12.8. The van der Waals surface area contributed by atoms with Gasteiger partial charge in [0.25, 0.3) is 5.91 Å². The Morgan fingerprint density at radius 2 is 1.95 bits per heavy atom. The van der Waals surface area contributed by atoms with Gasteiger partial charge in [0.05, 0.1) is 0 Å². The predicted molar refractivity (Wildman–Crippen MR) is 81.8 cm³/mol. The maximum absolute atomic E-state index is 12.9. The summed E-state index contributed by atoms with van der Waals surface area (Å²) in [6.07, 6.45) is 2.60. The second-order valence-electron chi connectivity index (χ2n) is 6.08. The van der Waals surface area contributed by atoms with E-state index in [-0.39, 0.29) is 17.8 Å². The molecule has 2 saturated heterocycles. The van der Waals surface area contributed by atoms with Crippen molar-refractivity contribution in [1.82, 2.24) is 9.80 Å². The summed E-state index contributed by atoms with van der Waals surface area (Å²) in [5.41, 5.74) is 1.11. The lowest BCUT2D eigenvalue weighted by Gasteiger charge is -2.24. The molecule has 2 fully saturated rings. The number of amides is 1. The van der Waals surface area contributed by atoms with Gasteiger partial charge in [0.2, 0.25) is 0 Å². The molecule has 0 N–H and O–H groups in total. The molecule has 120 valence electrons. The first-order valence-electron chi connectivity index (χ1n) is 8.09. The standard InChI is InChI=1S/C17H23FN2O2/c18-15-6-4-14(5-7-15)13-19-8-2-9-20(11-10-19)17(21)16-3-1-12-22-16/h4-7,16H,1-3,8-13H2. The molecule has 0 radical (unpaired) electrons. The molecule has 22 heavy (non-hydrogen) atoms. The van der Waals surface area contributed by atoms with Gasteiger partial charge in [-0.2, -0.15) is 0 Å². The number of benzene rings is 1. The lowest BCUT2D eigenvalue weighted by Crippen LogP contribution is -2.41. The third-order valence-corrected chi connectivity index (χ3v) is 4.42. The fourth-order valence-electron chi connectivity index (χ4n) is 3.17. The highest BCUT2D eigenvalue weighted by Crippen LogP contribution is 2.17. The molecule has 2 heterocycles. The highest BCUT2D eigenvalue weighted by atomic mass is 19.1. The van der Waals surface area contributed by atoms with E-state index in [1.165, 1.54) is 12.1 Å². The molecule has 2 aliphatic rings. The van der Waals surface area contributed by atoms with Crippen LogP contribution in [0.15, 0.2) is 24.3 Å². The van der Waals surface area contributed by atoms with Crippen LogP contribution in [0.5, 0.6) is 0 Å². The van der Waals surface area contributed by atoms with Crippen molar-refractivity contribution in [2.75, 3.05) is 32.8 Å². The smallest absolute Gasteiger partial charge is 0.251 e. The van der Waals surface area contributed by atoms with E-state index in [1.54, 1.807) is 0 Å². The highest BCUT2D eigenvalue weighted by molar-refractivity contribution is 5.81. The molecule has 1 amide bonds. The third kappa shape index (κ3) is 3.84. The van der Waals surface area contributed by atoms with Crippen LogP contribution in [-0.4, -0.2) is 54.6 Å². The van der Waals surface area contributed by atoms with Crippen LogP contribution in [0.1, 0.15) is 24.8 Å². The zero-order valence-corrected chi connectivity index (χ0v) is 12.8. The fourth-order valence-corrected chi connectivity index (χ4v) is 3.17. The summed E-state index contributed by atoms with van der Waals surface area (Å²) in [6, 6.07) is 6.66. The summed E-state index contributed by atoms with van der Waals surface area (Å²) >= 11 is 0. The minimum atomic E-state index is -0.219. The molecule has 1 aromatic carbocycles. The summed E-state index contributed by atoms with van der Waals surface area (Å²) in [5, 5.41) is 0. The average Bonchev–Trinajstić information content (AvgIpc) is 2.96. The van der Waals surface area contributed by atoms with Gasteiger partial charge in [-0.05, 0) is 37.0 Å². The lowest BCUT2D eigenvalue weighted by atomic mass is 10.2. The van der Waals surface area contributed by atoms with Gasteiger partial charge in [-0.15, -0.1) is 0 Å². The Labute approximate surface area is 130 Å². The molecule has 0 aromatic heterocycles. The van der Waals surface area contributed by atoms with Crippen molar-refractivity contribution < 1.29 is 13.9 Å². The molecule has 1 unspecified atom stereocenters. The molecule has 5 heteroatoms. The summed E-state index contributed by atoms with van der Waals surface area (Å²) < 4.78 is 18.5. The van der Waals surface area contributed by atoms with Crippen molar-refractivity contribution in [1.29, 1.82) is 0 Å². The van der Waals surface area contributed by atoms with E-state index in [2.05, 4.69) is 4.90 Å². The van der Waals surface area contributed by atoms with Gasteiger partial charge in [0.1, 0.15) is 11.9 Å². The Kier molecular flexibility index (Phi) is 5.05. The fraction of sp³-hybridized carbons (Fsp3) is 0.588. The Hall–Kier alpha value is -1.46. The van der Waals surface area contributed by atoms with Crippen molar-refractivity contribution in [2.45, 2.75) is 31.9 Å². The van der Waals surface area contributed by atoms with Crippen LogP contribution in [-0.2, 0) is 16.1 Å². The maximum Gasteiger partial charge on any atom is 0.251 e. The SMILES string of the molecule is O=C(C1CCCO1)N1CCCN(Cc2ccc(F)cc2)CC1. The average molecular weight is 306 g/mol. The van der Waals surface area contributed by atoms with Crippen molar-refractivity contribution in [2.24, 2.45) is 0 Å². The van der Waals surface area contributed by atoms with Crippen LogP contribution >= 0.6 is 0 Å². The largest absolute Gasteiger partial charge is 0.368 e. The van der Waals surface area contributed by atoms with Crippen LogP contribution in [0.3, 0.4) is 0 Å². The Bertz CT molecular complexity index is 500. The Morgan fingerprint density at radius 1 is 1.14 bits per heavy atom. The highest BCUT2D eigenvalue weighted by Gasteiger charge is 2.29. The molecule has 0 spiro atoms. The molecule has 3 rings (SSSR count). The van der Waals surface area contributed by atoms with Crippen molar-refractivity contribution >= 4 is 5.91 Å². The molecule has 1 atom stereocenters. The number of hydrogen-bond acceptors (Lipinski definition) is 3. The Morgan fingerprint density at radius 3 is 2.68 bits per heavy atom. The van der Waals surface area contributed by atoms with E-state index in [0.717, 1.165) is 57.5 Å². The number of carbonyl (C=O) groups is 1. The molecule has 1 aromatic rings. The minimum Gasteiger partial charge on any atom is -0.368 e. The van der Waals surface area contributed by atoms with Crippen LogP contribution in [0.25, 0.3) is 0 Å². The first-order chi connectivity index (χ1) is 10.7. The van der Waals surface area contributed by atoms with Gasteiger partial charge < -0.3 is 9.64 Å². The van der Waals surface area contributed by atoms with E-state index in [1.807, 2.05) is 17.0 Å². The summed E-state index contributed by atoms with van der Waals surface area (Å²) in [4.78, 5) is 16.7. The summed E-state index contributed by atoms with van der Waals surface area (Å²) in [7, 11) is 0. The molecular formula is C17H23FN2O2. The van der Waals surface area contributed by atoms with Gasteiger partial charge in [0, 0.05) is 39.3 Å². The number of ether oxygens (including phenoxy) is 1. The molecule has 0 aliphatic carbocycles. The zero-order chi connectivity index (χ0) is 15.4. The normalized spacial score (nSPS) is 23.5. The van der Waals surface area contributed by atoms with E-state index in [9.17, 15) is 9.18 Å². The van der Waals surface area contributed by atoms with Gasteiger partial charge in [-0.1, -0.05) is 12.1 Å². The van der Waals surface area contributed by atoms with Crippen LogP contribution in [0, 0.1) is 5.82 Å². The second-order valence-corrected chi connectivity index (χ2v) is 6.08. The van der Waals surface area contributed by atoms with Crippen LogP contribution in [0.4, 0.5) is 4.39 Å². The van der Waals surface area contributed by atoms with E-state index in [0.29, 0.717) is 6.61 Å². The summed E-state index contributed by atoms with van der Waals surface area (Å²) in [6.45, 7) is 4.89. The Balaban J connectivity index is 1.53. The monoisotopic (exact) mass is 306 g/mol. The van der Waals surface area contributed by atoms with Crippen molar-refractivity contribution in [3.8, 4) is 0 Å². The van der Waals surface area contributed by atoms with E-state index < -0.39 is 0 Å². The van der Waals surface area contributed by atoms with E-state index >= 15 is 0 Å².